The second-order valence-corrected chi connectivity index (χ2v) is 5.82. The van der Waals surface area contributed by atoms with Gasteiger partial charge >= 0.3 is 0 Å². The number of nitrogens with zero attached hydrogens (tertiary/aromatic N) is 2. The third-order valence-electron chi connectivity index (χ3n) is 4.10. The van der Waals surface area contributed by atoms with Gasteiger partial charge in [0, 0.05) is 18.3 Å². The third kappa shape index (κ3) is 4.10. The second-order valence-electron chi connectivity index (χ2n) is 5.82. The molecule has 3 rings (SSSR count). The molecule has 0 radical (unpaired) electrons. The molecule has 0 aliphatic heterocycles. The summed E-state index contributed by atoms with van der Waals surface area (Å²) in [6.45, 7) is 5.05. The normalized spacial score (nSPS) is 10.4. The number of hydrogen-bond acceptors (Lipinski definition) is 4. The van der Waals surface area contributed by atoms with E-state index in [1.165, 1.54) is 16.7 Å². The SMILES string of the molecule is Cc1cccc(Nc2cc(NCCc3ccccc3)ncn2)c1C. The molecule has 4 nitrogen and oxygen atoms in total. The maximum Gasteiger partial charge on any atom is 0.135 e. The average Bonchev–Trinajstić information content (AvgIpc) is 2.60. The van der Waals surface area contributed by atoms with Crippen LogP contribution < -0.4 is 10.6 Å². The summed E-state index contributed by atoms with van der Waals surface area (Å²) in [5, 5.41) is 6.72. The van der Waals surface area contributed by atoms with E-state index in [9.17, 15) is 0 Å². The van der Waals surface area contributed by atoms with Gasteiger partial charge in [0.2, 0.25) is 0 Å². The van der Waals surface area contributed by atoms with Crippen molar-refractivity contribution >= 4 is 17.3 Å². The molecule has 2 aromatic carbocycles. The summed E-state index contributed by atoms with van der Waals surface area (Å²) in [6.07, 6.45) is 2.54. The van der Waals surface area contributed by atoms with Crippen LogP contribution in [0.1, 0.15) is 16.7 Å². The fourth-order valence-electron chi connectivity index (χ4n) is 2.53. The van der Waals surface area contributed by atoms with Gasteiger partial charge < -0.3 is 10.6 Å². The first-order valence-corrected chi connectivity index (χ1v) is 8.15. The molecular weight excluding hydrogens is 296 g/mol. The van der Waals surface area contributed by atoms with Gasteiger partial charge in [0.25, 0.3) is 0 Å². The smallest absolute Gasteiger partial charge is 0.135 e. The van der Waals surface area contributed by atoms with Crippen LogP contribution in [0.3, 0.4) is 0 Å². The van der Waals surface area contributed by atoms with Crippen LogP contribution in [0.15, 0.2) is 60.9 Å². The van der Waals surface area contributed by atoms with Gasteiger partial charge in [-0.05, 0) is 43.0 Å². The van der Waals surface area contributed by atoms with Gasteiger partial charge in [-0.15, -0.1) is 0 Å². The van der Waals surface area contributed by atoms with Gasteiger partial charge in [-0.2, -0.15) is 0 Å². The molecule has 1 aromatic heterocycles. The molecule has 0 unspecified atom stereocenters. The van der Waals surface area contributed by atoms with Gasteiger partial charge in [0.15, 0.2) is 0 Å². The maximum absolute atomic E-state index is 4.31. The van der Waals surface area contributed by atoms with Crippen molar-refractivity contribution in [3.05, 3.63) is 77.6 Å². The molecule has 0 aliphatic rings. The lowest BCUT2D eigenvalue weighted by molar-refractivity contribution is 1.000. The molecule has 122 valence electrons. The number of aryl methyl sites for hydroxylation is 1. The van der Waals surface area contributed by atoms with Crippen molar-refractivity contribution in [3.63, 3.8) is 0 Å². The van der Waals surface area contributed by atoms with Gasteiger partial charge in [0.1, 0.15) is 18.0 Å². The first-order valence-electron chi connectivity index (χ1n) is 8.15. The van der Waals surface area contributed by atoms with E-state index in [0.29, 0.717) is 0 Å². The molecule has 0 amide bonds. The van der Waals surface area contributed by atoms with E-state index in [2.05, 4.69) is 70.8 Å². The highest BCUT2D eigenvalue weighted by molar-refractivity contribution is 5.63. The van der Waals surface area contributed by atoms with Crippen molar-refractivity contribution in [1.82, 2.24) is 9.97 Å². The zero-order chi connectivity index (χ0) is 16.8. The molecule has 0 saturated carbocycles. The van der Waals surface area contributed by atoms with Gasteiger partial charge in [0.05, 0.1) is 0 Å². The van der Waals surface area contributed by atoms with Crippen molar-refractivity contribution in [1.29, 1.82) is 0 Å². The van der Waals surface area contributed by atoms with Crippen molar-refractivity contribution < 1.29 is 0 Å². The summed E-state index contributed by atoms with van der Waals surface area (Å²) in [5.74, 6) is 1.62. The fourth-order valence-corrected chi connectivity index (χ4v) is 2.53. The minimum atomic E-state index is 0.793. The summed E-state index contributed by atoms with van der Waals surface area (Å²) in [6, 6.07) is 18.6. The van der Waals surface area contributed by atoms with E-state index >= 15 is 0 Å². The zero-order valence-corrected chi connectivity index (χ0v) is 14.1. The number of anilines is 3. The summed E-state index contributed by atoms with van der Waals surface area (Å²) < 4.78 is 0. The van der Waals surface area contributed by atoms with E-state index in [1.807, 2.05) is 18.2 Å². The quantitative estimate of drug-likeness (QED) is 0.703. The Bertz CT molecular complexity index is 800. The number of hydrogen-bond donors (Lipinski definition) is 2. The summed E-state index contributed by atoms with van der Waals surface area (Å²) in [4.78, 5) is 8.60. The first-order chi connectivity index (χ1) is 11.7. The Morgan fingerprint density at radius 3 is 2.50 bits per heavy atom. The van der Waals surface area contributed by atoms with Crippen LogP contribution in [0.4, 0.5) is 17.3 Å². The van der Waals surface area contributed by atoms with Crippen LogP contribution in [0.5, 0.6) is 0 Å². The highest BCUT2D eigenvalue weighted by Gasteiger charge is 2.03. The Morgan fingerprint density at radius 2 is 1.67 bits per heavy atom. The molecule has 4 heteroatoms. The van der Waals surface area contributed by atoms with Gasteiger partial charge in [-0.3, -0.25) is 0 Å². The van der Waals surface area contributed by atoms with Crippen molar-refractivity contribution in [2.75, 3.05) is 17.2 Å². The molecule has 0 saturated heterocycles. The highest BCUT2D eigenvalue weighted by Crippen LogP contribution is 2.22. The first kappa shape index (κ1) is 16.0. The lowest BCUT2D eigenvalue weighted by atomic mass is 10.1. The predicted molar refractivity (Wildman–Crippen MR) is 99.9 cm³/mol. The van der Waals surface area contributed by atoms with Crippen LogP contribution in [0, 0.1) is 13.8 Å². The van der Waals surface area contributed by atoms with Crippen LogP contribution >= 0.6 is 0 Å². The molecule has 0 spiro atoms. The molecule has 0 fully saturated rings. The lowest BCUT2D eigenvalue weighted by Gasteiger charge is -2.12. The number of benzene rings is 2. The van der Waals surface area contributed by atoms with Gasteiger partial charge in [-0.25, -0.2) is 9.97 Å². The Morgan fingerprint density at radius 1 is 0.875 bits per heavy atom. The van der Waals surface area contributed by atoms with Gasteiger partial charge in [-0.1, -0.05) is 42.5 Å². The van der Waals surface area contributed by atoms with E-state index in [1.54, 1.807) is 6.33 Å². The highest BCUT2D eigenvalue weighted by atomic mass is 15.1. The van der Waals surface area contributed by atoms with E-state index in [4.69, 9.17) is 0 Å². The Labute approximate surface area is 143 Å². The molecule has 0 bridgehead atoms. The number of rotatable bonds is 6. The van der Waals surface area contributed by atoms with Crippen molar-refractivity contribution in [3.8, 4) is 0 Å². The molecule has 24 heavy (non-hydrogen) atoms. The lowest BCUT2D eigenvalue weighted by Crippen LogP contribution is -2.07. The minimum absolute atomic E-state index is 0.793. The fraction of sp³-hybridized carbons (Fsp3) is 0.200. The monoisotopic (exact) mass is 318 g/mol. The molecule has 3 aromatic rings. The standard InChI is InChI=1S/C20H22N4/c1-15-7-6-10-18(16(15)2)24-20-13-19(22-14-23-20)21-12-11-17-8-4-3-5-9-17/h3-10,13-14H,11-12H2,1-2H3,(H2,21,22,23,24). The Kier molecular flexibility index (Phi) is 5.06. The predicted octanol–water partition coefficient (Wildman–Crippen LogP) is 4.49. The zero-order valence-electron chi connectivity index (χ0n) is 14.1. The van der Waals surface area contributed by atoms with E-state index < -0.39 is 0 Å². The van der Waals surface area contributed by atoms with Crippen LogP contribution in [0.25, 0.3) is 0 Å². The number of aromatic nitrogens is 2. The molecule has 0 aliphatic carbocycles. The van der Waals surface area contributed by atoms with Crippen molar-refractivity contribution in [2.24, 2.45) is 0 Å². The molecule has 0 atom stereocenters. The molecular formula is C20H22N4. The van der Waals surface area contributed by atoms with E-state index in [0.717, 1.165) is 30.3 Å². The largest absolute Gasteiger partial charge is 0.370 e. The summed E-state index contributed by atoms with van der Waals surface area (Å²) in [5.41, 5.74) is 4.88. The summed E-state index contributed by atoms with van der Waals surface area (Å²) in [7, 11) is 0. The summed E-state index contributed by atoms with van der Waals surface area (Å²) >= 11 is 0. The van der Waals surface area contributed by atoms with Crippen LogP contribution in [-0.2, 0) is 6.42 Å². The maximum atomic E-state index is 4.31. The van der Waals surface area contributed by atoms with E-state index in [-0.39, 0.29) is 0 Å². The van der Waals surface area contributed by atoms with Crippen LogP contribution in [-0.4, -0.2) is 16.5 Å². The van der Waals surface area contributed by atoms with Crippen molar-refractivity contribution in [2.45, 2.75) is 20.3 Å². The van der Waals surface area contributed by atoms with Crippen LogP contribution in [0.2, 0.25) is 0 Å². The molecule has 2 N–H and O–H groups in total. The Hall–Kier alpha value is -2.88. The molecule has 1 heterocycles. The average molecular weight is 318 g/mol. The Balaban J connectivity index is 1.62. The third-order valence-corrected chi connectivity index (χ3v) is 4.10. The topological polar surface area (TPSA) is 49.8 Å². The second kappa shape index (κ2) is 7.59. The minimum Gasteiger partial charge on any atom is -0.370 e. The number of nitrogens with one attached hydrogen (secondary N) is 2.